The fraction of sp³-hybridized carbons (Fsp3) is 0.125. The molecular formula is C16H14N2O3. The number of fused-ring (bicyclic) bond motifs is 1. The molecule has 106 valence electrons. The Balaban J connectivity index is 1.87. The molecule has 0 unspecified atom stereocenters. The van der Waals surface area contributed by atoms with E-state index in [1.807, 2.05) is 0 Å². The lowest BCUT2D eigenvalue weighted by atomic mass is 10.1. The van der Waals surface area contributed by atoms with Gasteiger partial charge >= 0.3 is 0 Å². The number of anilines is 2. The lowest BCUT2D eigenvalue weighted by Gasteiger charge is -2.17. The van der Waals surface area contributed by atoms with Gasteiger partial charge in [0, 0.05) is 24.0 Å². The van der Waals surface area contributed by atoms with Crippen molar-refractivity contribution in [3.63, 3.8) is 0 Å². The molecule has 0 bridgehead atoms. The number of carbonyl (C=O) groups excluding carboxylic acids is 2. The quantitative estimate of drug-likeness (QED) is 0.886. The lowest BCUT2D eigenvalue weighted by molar-refractivity contribution is -0.115. The van der Waals surface area contributed by atoms with Gasteiger partial charge in [-0.1, -0.05) is 6.07 Å². The minimum atomic E-state index is -0.176. The molecule has 1 aliphatic rings. The van der Waals surface area contributed by atoms with Gasteiger partial charge in [0.15, 0.2) is 0 Å². The number of carbonyl (C=O) groups is 2. The highest BCUT2D eigenvalue weighted by Gasteiger charge is 2.20. The Kier molecular flexibility index (Phi) is 3.10. The zero-order valence-electron chi connectivity index (χ0n) is 11.5. The van der Waals surface area contributed by atoms with Gasteiger partial charge in [0.2, 0.25) is 5.91 Å². The van der Waals surface area contributed by atoms with Gasteiger partial charge in [0.05, 0.1) is 6.42 Å². The molecule has 1 heterocycles. The number of phenolic OH excluding ortho intramolecular Hbond substituents is 1. The van der Waals surface area contributed by atoms with E-state index in [4.69, 9.17) is 0 Å². The van der Waals surface area contributed by atoms with Crippen LogP contribution in [0.3, 0.4) is 0 Å². The maximum Gasteiger partial charge on any atom is 0.258 e. The summed E-state index contributed by atoms with van der Waals surface area (Å²) >= 11 is 0. The van der Waals surface area contributed by atoms with Gasteiger partial charge in [0.1, 0.15) is 5.75 Å². The minimum absolute atomic E-state index is 0.0542. The van der Waals surface area contributed by atoms with Crippen LogP contribution < -0.4 is 10.2 Å². The summed E-state index contributed by atoms with van der Waals surface area (Å²) in [5.74, 6) is -0.0778. The van der Waals surface area contributed by atoms with Gasteiger partial charge in [-0.05, 0) is 42.0 Å². The summed E-state index contributed by atoms with van der Waals surface area (Å²) in [5.41, 5.74) is 2.79. The maximum atomic E-state index is 12.5. The second-order valence-corrected chi connectivity index (χ2v) is 4.98. The van der Waals surface area contributed by atoms with Crippen LogP contribution >= 0.6 is 0 Å². The monoisotopic (exact) mass is 282 g/mol. The Morgan fingerprint density at radius 1 is 1.19 bits per heavy atom. The molecule has 0 aliphatic carbocycles. The van der Waals surface area contributed by atoms with Crippen LogP contribution in [0.25, 0.3) is 0 Å². The van der Waals surface area contributed by atoms with Crippen LogP contribution in [0, 0.1) is 0 Å². The summed E-state index contributed by atoms with van der Waals surface area (Å²) in [5, 5.41) is 12.0. The predicted octanol–water partition coefficient (Wildman–Crippen LogP) is 2.16. The van der Waals surface area contributed by atoms with Crippen LogP contribution in [0.15, 0.2) is 42.5 Å². The van der Waals surface area contributed by atoms with Crippen LogP contribution in [-0.4, -0.2) is 24.0 Å². The number of rotatable bonds is 2. The van der Waals surface area contributed by atoms with Crippen molar-refractivity contribution in [1.29, 1.82) is 0 Å². The smallest absolute Gasteiger partial charge is 0.258 e. The Morgan fingerprint density at radius 2 is 1.90 bits per heavy atom. The van der Waals surface area contributed by atoms with Gasteiger partial charge in [0.25, 0.3) is 5.91 Å². The van der Waals surface area contributed by atoms with Crippen molar-refractivity contribution in [3.8, 4) is 5.75 Å². The standard InChI is InChI=1S/C16H14N2O3/c1-18(12-4-6-13(19)7-5-12)16(21)11-3-2-10-9-15(20)17-14(10)8-11/h2-8,19H,9H2,1H3,(H,17,20). The third-order valence-electron chi connectivity index (χ3n) is 3.52. The molecular weight excluding hydrogens is 268 g/mol. The molecule has 3 rings (SSSR count). The highest BCUT2D eigenvalue weighted by atomic mass is 16.3. The average molecular weight is 282 g/mol. The molecule has 1 aliphatic heterocycles. The summed E-state index contributed by atoms with van der Waals surface area (Å²) in [6.45, 7) is 0. The van der Waals surface area contributed by atoms with E-state index in [9.17, 15) is 14.7 Å². The highest BCUT2D eigenvalue weighted by molar-refractivity contribution is 6.08. The summed E-state index contributed by atoms with van der Waals surface area (Å²) in [4.78, 5) is 25.3. The van der Waals surface area contributed by atoms with Crippen molar-refractivity contribution >= 4 is 23.2 Å². The SMILES string of the molecule is CN(C(=O)c1ccc2c(c1)NC(=O)C2)c1ccc(O)cc1. The number of nitrogens with zero attached hydrogens (tertiary/aromatic N) is 1. The summed E-state index contributed by atoms with van der Waals surface area (Å²) < 4.78 is 0. The van der Waals surface area contributed by atoms with E-state index in [0.717, 1.165) is 5.56 Å². The topological polar surface area (TPSA) is 69.6 Å². The molecule has 0 aromatic heterocycles. The molecule has 2 N–H and O–H groups in total. The maximum absolute atomic E-state index is 12.5. The van der Waals surface area contributed by atoms with Crippen molar-refractivity contribution < 1.29 is 14.7 Å². The van der Waals surface area contributed by atoms with Crippen LogP contribution in [0.1, 0.15) is 15.9 Å². The zero-order valence-corrected chi connectivity index (χ0v) is 11.5. The molecule has 0 fully saturated rings. The van der Waals surface area contributed by atoms with Crippen molar-refractivity contribution in [2.24, 2.45) is 0 Å². The number of benzene rings is 2. The first-order chi connectivity index (χ1) is 10.0. The molecule has 0 saturated heterocycles. The molecule has 2 amide bonds. The summed E-state index contributed by atoms with van der Waals surface area (Å²) in [6.07, 6.45) is 0.359. The van der Waals surface area contributed by atoms with Gasteiger partial charge in [-0.3, -0.25) is 9.59 Å². The lowest BCUT2D eigenvalue weighted by Crippen LogP contribution is -2.26. The van der Waals surface area contributed by atoms with E-state index in [2.05, 4.69) is 5.32 Å². The average Bonchev–Trinajstić information content (AvgIpc) is 2.85. The molecule has 5 nitrogen and oxygen atoms in total. The summed E-state index contributed by atoms with van der Waals surface area (Å²) in [6, 6.07) is 11.6. The first-order valence-corrected chi connectivity index (χ1v) is 6.54. The first kappa shape index (κ1) is 13.2. The number of hydrogen-bond acceptors (Lipinski definition) is 3. The van der Waals surface area contributed by atoms with E-state index < -0.39 is 0 Å². The molecule has 2 aromatic rings. The normalized spacial score (nSPS) is 12.7. The van der Waals surface area contributed by atoms with Crippen molar-refractivity contribution in [3.05, 3.63) is 53.6 Å². The van der Waals surface area contributed by atoms with E-state index in [0.29, 0.717) is 23.4 Å². The fourth-order valence-electron chi connectivity index (χ4n) is 2.33. The first-order valence-electron chi connectivity index (χ1n) is 6.54. The second kappa shape index (κ2) is 4.94. The zero-order chi connectivity index (χ0) is 15.0. The Bertz CT molecular complexity index is 723. The van der Waals surface area contributed by atoms with Crippen LogP contribution in [0.5, 0.6) is 5.75 Å². The number of phenols is 1. The third kappa shape index (κ3) is 2.45. The molecule has 0 saturated carbocycles. The van der Waals surface area contributed by atoms with Crippen molar-refractivity contribution in [1.82, 2.24) is 0 Å². The molecule has 0 spiro atoms. The molecule has 21 heavy (non-hydrogen) atoms. The highest BCUT2D eigenvalue weighted by Crippen LogP contribution is 2.25. The summed E-state index contributed by atoms with van der Waals surface area (Å²) in [7, 11) is 1.67. The van der Waals surface area contributed by atoms with Crippen molar-refractivity contribution in [2.75, 3.05) is 17.3 Å². The molecule has 0 radical (unpaired) electrons. The van der Waals surface area contributed by atoms with E-state index in [-0.39, 0.29) is 17.6 Å². The number of hydrogen-bond donors (Lipinski definition) is 2. The van der Waals surface area contributed by atoms with Crippen molar-refractivity contribution in [2.45, 2.75) is 6.42 Å². The van der Waals surface area contributed by atoms with Crippen LogP contribution in [-0.2, 0) is 11.2 Å². The predicted molar refractivity (Wildman–Crippen MR) is 79.6 cm³/mol. The number of aromatic hydroxyl groups is 1. The van der Waals surface area contributed by atoms with E-state index in [1.54, 1.807) is 37.4 Å². The van der Waals surface area contributed by atoms with Gasteiger partial charge in [-0.25, -0.2) is 0 Å². The van der Waals surface area contributed by atoms with Crippen LogP contribution in [0.4, 0.5) is 11.4 Å². The Hall–Kier alpha value is -2.82. The van der Waals surface area contributed by atoms with Gasteiger partial charge in [-0.2, -0.15) is 0 Å². The molecule has 5 heteroatoms. The second-order valence-electron chi connectivity index (χ2n) is 4.98. The Morgan fingerprint density at radius 3 is 2.62 bits per heavy atom. The van der Waals surface area contributed by atoms with Gasteiger partial charge < -0.3 is 15.3 Å². The largest absolute Gasteiger partial charge is 0.508 e. The fourth-order valence-corrected chi connectivity index (χ4v) is 2.33. The van der Waals surface area contributed by atoms with E-state index in [1.165, 1.54) is 17.0 Å². The number of nitrogens with one attached hydrogen (secondary N) is 1. The van der Waals surface area contributed by atoms with Gasteiger partial charge in [-0.15, -0.1) is 0 Å². The molecule has 0 atom stereocenters. The molecule has 2 aromatic carbocycles. The Labute approximate surface area is 121 Å². The number of amides is 2. The minimum Gasteiger partial charge on any atom is -0.508 e. The third-order valence-corrected chi connectivity index (χ3v) is 3.52. The van der Waals surface area contributed by atoms with E-state index >= 15 is 0 Å². The van der Waals surface area contributed by atoms with Crippen LogP contribution in [0.2, 0.25) is 0 Å².